The Kier molecular flexibility index (Phi) is 6.28. The van der Waals surface area contributed by atoms with Crippen molar-refractivity contribution in [1.29, 1.82) is 0 Å². The standard InChI is InChI=1S/C15H25NO3/c1-11-12(2)15(19-4)6-5-13(11)7-8-16(3)9-14(18)10-17/h5-6,14,17-18H,7-10H2,1-4H3. The van der Waals surface area contributed by atoms with Crippen molar-refractivity contribution < 1.29 is 14.9 Å². The van der Waals surface area contributed by atoms with Crippen LogP contribution in [0, 0.1) is 13.8 Å². The molecule has 0 bridgehead atoms. The second-order valence-electron chi connectivity index (χ2n) is 5.03. The molecule has 0 fully saturated rings. The van der Waals surface area contributed by atoms with Gasteiger partial charge in [0, 0.05) is 13.1 Å². The highest BCUT2D eigenvalue weighted by molar-refractivity contribution is 5.43. The summed E-state index contributed by atoms with van der Waals surface area (Å²) in [6, 6.07) is 4.09. The van der Waals surface area contributed by atoms with Crippen molar-refractivity contribution >= 4 is 0 Å². The van der Waals surface area contributed by atoms with Crippen molar-refractivity contribution in [2.75, 3.05) is 33.9 Å². The summed E-state index contributed by atoms with van der Waals surface area (Å²) in [5.41, 5.74) is 3.73. The molecule has 0 aliphatic rings. The normalized spacial score (nSPS) is 12.8. The number of likely N-dealkylation sites (N-methyl/N-ethyl adjacent to an activating group) is 1. The van der Waals surface area contributed by atoms with Gasteiger partial charge in [0.15, 0.2) is 0 Å². The fourth-order valence-corrected chi connectivity index (χ4v) is 2.16. The van der Waals surface area contributed by atoms with Gasteiger partial charge >= 0.3 is 0 Å². The molecule has 1 atom stereocenters. The van der Waals surface area contributed by atoms with Crippen LogP contribution in [0.3, 0.4) is 0 Å². The van der Waals surface area contributed by atoms with Crippen LogP contribution in [0.1, 0.15) is 16.7 Å². The fourth-order valence-electron chi connectivity index (χ4n) is 2.16. The second-order valence-corrected chi connectivity index (χ2v) is 5.03. The monoisotopic (exact) mass is 267 g/mol. The van der Waals surface area contributed by atoms with Gasteiger partial charge in [0.05, 0.1) is 19.8 Å². The van der Waals surface area contributed by atoms with Gasteiger partial charge in [-0.3, -0.25) is 0 Å². The molecule has 1 aromatic rings. The number of hydrogen-bond acceptors (Lipinski definition) is 4. The van der Waals surface area contributed by atoms with Crippen molar-refractivity contribution in [1.82, 2.24) is 4.90 Å². The van der Waals surface area contributed by atoms with Gasteiger partial charge in [-0.2, -0.15) is 0 Å². The Morgan fingerprint density at radius 1 is 1.26 bits per heavy atom. The highest BCUT2D eigenvalue weighted by atomic mass is 16.5. The van der Waals surface area contributed by atoms with E-state index in [1.807, 2.05) is 18.0 Å². The lowest BCUT2D eigenvalue weighted by Crippen LogP contribution is -2.32. The molecule has 1 rings (SSSR count). The molecule has 0 aliphatic carbocycles. The first-order valence-electron chi connectivity index (χ1n) is 6.60. The van der Waals surface area contributed by atoms with E-state index < -0.39 is 6.10 Å². The van der Waals surface area contributed by atoms with E-state index in [0.29, 0.717) is 6.54 Å². The number of benzene rings is 1. The smallest absolute Gasteiger partial charge is 0.122 e. The summed E-state index contributed by atoms with van der Waals surface area (Å²) < 4.78 is 5.30. The largest absolute Gasteiger partial charge is 0.496 e. The predicted octanol–water partition coefficient (Wildman–Crippen LogP) is 1.14. The van der Waals surface area contributed by atoms with Crippen LogP contribution in [-0.4, -0.2) is 55.1 Å². The molecule has 2 N–H and O–H groups in total. The van der Waals surface area contributed by atoms with Crippen molar-refractivity contribution in [2.24, 2.45) is 0 Å². The number of rotatable bonds is 7. The molecule has 0 amide bonds. The van der Waals surface area contributed by atoms with Crippen LogP contribution < -0.4 is 4.74 Å². The van der Waals surface area contributed by atoms with Crippen molar-refractivity contribution in [3.63, 3.8) is 0 Å². The predicted molar refractivity (Wildman–Crippen MR) is 76.8 cm³/mol. The van der Waals surface area contributed by atoms with Crippen LogP contribution in [0.25, 0.3) is 0 Å². The number of aliphatic hydroxyl groups excluding tert-OH is 2. The summed E-state index contributed by atoms with van der Waals surface area (Å²) >= 11 is 0. The molecule has 4 heteroatoms. The van der Waals surface area contributed by atoms with E-state index in [2.05, 4.69) is 19.9 Å². The minimum atomic E-state index is -0.663. The maximum Gasteiger partial charge on any atom is 0.122 e. The van der Waals surface area contributed by atoms with Crippen LogP contribution in [0.5, 0.6) is 5.75 Å². The summed E-state index contributed by atoms with van der Waals surface area (Å²) in [7, 11) is 3.64. The molecule has 0 radical (unpaired) electrons. The average molecular weight is 267 g/mol. The van der Waals surface area contributed by atoms with Crippen LogP contribution in [0.2, 0.25) is 0 Å². The first kappa shape index (κ1) is 16.0. The summed E-state index contributed by atoms with van der Waals surface area (Å²) in [4.78, 5) is 2.03. The van der Waals surface area contributed by atoms with Crippen molar-refractivity contribution in [3.8, 4) is 5.75 Å². The molecule has 108 valence electrons. The minimum absolute atomic E-state index is 0.189. The van der Waals surface area contributed by atoms with Crippen LogP contribution in [0.4, 0.5) is 0 Å². The van der Waals surface area contributed by atoms with Crippen molar-refractivity contribution in [2.45, 2.75) is 26.4 Å². The van der Waals surface area contributed by atoms with Crippen LogP contribution in [0.15, 0.2) is 12.1 Å². The Hall–Kier alpha value is -1.10. The maximum atomic E-state index is 9.38. The number of hydrogen-bond donors (Lipinski definition) is 2. The van der Waals surface area contributed by atoms with Gasteiger partial charge < -0.3 is 19.8 Å². The van der Waals surface area contributed by atoms with Gasteiger partial charge in [0.1, 0.15) is 5.75 Å². The highest BCUT2D eigenvalue weighted by Gasteiger charge is 2.09. The number of ether oxygens (including phenoxy) is 1. The molecule has 0 aromatic heterocycles. The van der Waals surface area contributed by atoms with E-state index in [1.54, 1.807) is 7.11 Å². The van der Waals surface area contributed by atoms with Gasteiger partial charge in [0.2, 0.25) is 0 Å². The molecule has 19 heavy (non-hydrogen) atoms. The molecule has 0 saturated carbocycles. The Bertz CT molecular complexity index is 407. The molecule has 0 aliphatic heterocycles. The number of aliphatic hydroxyl groups is 2. The molecule has 0 heterocycles. The van der Waals surface area contributed by atoms with E-state index in [1.165, 1.54) is 16.7 Å². The Morgan fingerprint density at radius 3 is 2.53 bits per heavy atom. The minimum Gasteiger partial charge on any atom is -0.496 e. The first-order chi connectivity index (χ1) is 8.99. The van der Waals surface area contributed by atoms with Gasteiger partial charge in [-0.15, -0.1) is 0 Å². The highest BCUT2D eigenvalue weighted by Crippen LogP contribution is 2.24. The van der Waals surface area contributed by atoms with E-state index >= 15 is 0 Å². The Balaban J connectivity index is 2.61. The molecule has 0 spiro atoms. The zero-order chi connectivity index (χ0) is 14.4. The van der Waals surface area contributed by atoms with E-state index in [9.17, 15) is 5.11 Å². The maximum absolute atomic E-state index is 9.38. The van der Waals surface area contributed by atoms with E-state index in [0.717, 1.165) is 18.7 Å². The van der Waals surface area contributed by atoms with Gasteiger partial charge in [-0.05, 0) is 50.1 Å². The average Bonchev–Trinajstić information content (AvgIpc) is 2.40. The molecular formula is C15H25NO3. The second kappa shape index (κ2) is 7.48. The summed E-state index contributed by atoms with van der Waals surface area (Å²) in [6.45, 7) is 5.33. The molecule has 1 aromatic carbocycles. The SMILES string of the molecule is COc1ccc(CCN(C)CC(O)CO)c(C)c1C. The summed E-state index contributed by atoms with van der Waals surface area (Å²) in [5, 5.41) is 18.2. The topological polar surface area (TPSA) is 52.9 Å². The molecule has 1 unspecified atom stereocenters. The number of nitrogens with zero attached hydrogens (tertiary/aromatic N) is 1. The lowest BCUT2D eigenvalue weighted by molar-refractivity contribution is 0.0669. The van der Waals surface area contributed by atoms with Gasteiger partial charge in [-0.1, -0.05) is 6.07 Å². The third-order valence-electron chi connectivity index (χ3n) is 3.57. The summed E-state index contributed by atoms with van der Waals surface area (Å²) in [5.74, 6) is 0.922. The van der Waals surface area contributed by atoms with Gasteiger partial charge in [-0.25, -0.2) is 0 Å². The molecular weight excluding hydrogens is 242 g/mol. The van der Waals surface area contributed by atoms with Crippen LogP contribution >= 0.6 is 0 Å². The van der Waals surface area contributed by atoms with E-state index in [-0.39, 0.29) is 6.61 Å². The van der Waals surface area contributed by atoms with Gasteiger partial charge in [0.25, 0.3) is 0 Å². The van der Waals surface area contributed by atoms with Crippen LogP contribution in [-0.2, 0) is 6.42 Å². The fraction of sp³-hybridized carbons (Fsp3) is 0.600. The molecule has 0 saturated heterocycles. The lowest BCUT2D eigenvalue weighted by atomic mass is 10.00. The quantitative estimate of drug-likeness (QED) is 0.778. The number of methoxy groups -OCH3 is 1. The Morgan fingerprint density at radius 2 is 1.95 bits per heavy atom. The summed E-state index contributed by atoms with van der Waals surface area (Å²) in [6.07, 6.45) is 0.259. The van der Waals surface area contributed by atoms with E-state index in [4.69, 9.17) is 9.84 Å². The zero-order valence-corrected chi connectivity index (χ0v) is 12.3. The Labute approximate surface area is 115 Å². The third-order valence-corrected chi connectivity index (χ3v) is 3.57. The van der Waals surface area contributed by atoms with Crippen molar-refractivity contribution in [3.05, 3.63) is 28.8 Å². The zero-order valence-electron chi connectivity index (χ0n) is 12.3. The lowest BCUT2D eigenvalue weighted by Gasteiger charge is -2.20. The molecule has 4 nitrogen and oxygen atoms in total. The third kappa shape index (κ3) is 4.49. The first-order valence-corrected chi connectivity index (χ1v) is 6.60.